The smallest absolute Gasteiger partial charge is 0.227 e. The summed E-state index contributed by atoms with van der Waals surface area (Å²) in [4.78, 5) is 10.9. The lowest BCUT2D eigenvalue weighted by Gasteiger charge is -2.26. The molecule has 0 atom stereocenters. The van der Waals surface area contributed by atoms with E-state index < -0.39 is 0 Å². The molecule has 3 heterocycles. The minimum Gasteiger partial charge on any atom is -0.469 e. The minimum absolute atomic E-state index is 0.123. The van der Waals surface area contributed by atoms with Crippen molar-refractivity contribution in [3.8, 4) is 5.88 Å². The van der Waals surface area contributed by atoms with Gasteiger partial charge in [-0.2, -0.15) is 4.98 Å². The fourth-order valence-electron chi connectivity index (χ4n) is 1.66. The molecule has 1 aliphatic heterocycles. The molecule has 1 fully saturated rings. The summed E-state index contributed by atoms with van der Waals surface area (Å²) < 4.78 is 10.9. The summed E-state index contributed by atoms with van der Waals surface area (Å²) in [5, 5.41) is 3.94. The van der Waals surface area contributed by atoms with Crippen LogP contribution in [-0.4, -0.2) is 36.3 Å². The van der Waals surface area contributed by atoms with Crippen LogP contribution < -0.4 is 10.1 Å². The summed E-state index contributed by atoms with van der Waals surface area (Å²) in [6.45, 7) is 3.34. The number of rotatable bonds is 3. The van der Waals surface area contributed by atoms with Gasteiger partial charge in [0, 0.05) is 11.9 Å². The Kier molecular flexibility index (Phi) is 2.60. The zero-order valence-electron chi connectivity index (χ0n) is 9.69. The first-order valence-corrected chi connectivity index (χ1v) is 6.28. The molecular formula is C11H13N3O2S. The second kappa shape index (κ2) is 4.12. The number of aromatic nitrogens is 2. The highest BCUT2D eigenvalue weighted by Crippen LogP contribution is 2.31. The van der Waals surface area contributed by atoms with E-state index in [2.05, 4.69) is 28.3 Å². The van der Waals surface area contributed by atoms with Crippen LogP contribution in [0.5, 0.6) is 5.88 Å². The van der Waals surface area contributed by atoms with Crippen molar-refractivity contribution >= 4 is 27.5 Å². The number of hydrogen-bond acceptors (Lipinski definition) is 6. The number of thiophene rings is 1. The topological polar surface area (TPSA) is 56.3 Å². The predicted octanol–water partition coefficient (Wildman–Crippen LogP) is 1.82. The first kappa shape index (κ1) is 10.7. The van der Waals surface area contributed by atoms with Crippen LogP contribution in [0.25, 0.3) is 10.2 Å². The van der Waals surface area contributed by atoms with Gasteiger partial charge in [-0.25, -0.2) is 4.98 Å². The van der Waals surface area contributed by atoms with Crippen molar-refractivity contribution in [3.05, 3.63) is 10.9 Å². The standard InChI is InChI=1S/C11H13N3O2S/c1-6-3-8-9(16-7-4-15-5-7)13-11(12-2)14-10(8)17-6/h3,7H,4-5H2,1-2H3,(H,12,13,14). The van der Waals surface area contributed by atoms with Crippen LogP contribution in [0.15, 0.2) is 6.07 Å². The maximum atomic E-state index is 5.81. The van der Waals surface area contributed by atoms with Crippen molar-refractivity contribution in [2.75, 3.05) is 25.6 Å². The third kappa shape index (κ3) is 1.94. The SMILES string of the molecule is CNc1nc(OC2COC2)c2cc(C)sc2n1. The van der Waals surface area contributed by atoms with Crippen LogP contribution in [0.4, 0.5) is 5.95 Å². The molecule has 0 amide bonds. The molecule has 1 N–H and O–H groups in total. The minimum atomic E-state index is 0.123. The van der Waals surface area contributed by atoms with Gasteiger partial charge >= 0.3 is 0 Å². The van der Waals surface area contributed by atoms with Gasteiger partial charge in [-0.15, -0.1) is 11.3 Å². The fraction of sp³-hybridized carbons (Fsp3) is 0.455. The molecule has 0 saturated carbocycles. The molecule has 6 heteroatoms. The average Bonchev–Trinajstić information content (AvgIpc) is 2.63. The molecule has 0 spiro atoms. The molecule has 2 aromatic heterocycles. The van der Waals surface area contributed by atoms with Gasteiger partial charge in [0.2, 0.25) is 11.8 Å². The molecule has 2 aromatic rings. The van der Waals surface area contributed by atoms with E-state index in [0.717, 1.165) is 10.2 Å². The number of fused-ring (bicyclic) bond motifs is 1. The highest BCUT2D eigenvalue weighted by Gasteiger charge is 2.22. The number of hydrogen-bond donors (Lipinski definition) is 1. The lowest BCUT2D eigenvalue weighted by Crippen LogP contribution is -2.38. The molecule has 0 bridgehead atoms. The average molecular weight is 251 g/mol. The summed E-state index contributed by atoms with van der Waals surface area (Å²) in [6.07, 6.45) is 0.123. The van der Waals surface area contributed by atoms with Crippen molar-refractivity contribution in [3.63, 3.8) is 0 Å². The molecule has 1 saturated heterocycles. The number of nitrogens with one attached hydrogen (secondary N) is 1. The summed E-state index contributed by atoms with van der Waals surface area (Å²) in [7, 11) is 1.80. The van der Waals surface area contributed by atoms with Gasteiger partial charge in [-0.3, -0.25) is 0 Å². The predicted molar refractivity (Wildman–Crippen MR) is 66.9 cm³/mol. The van der Waals surface area contributed by atoms with E-state index in [1.807, 2.05) is 0 Å². The molecule has 5 nitrogen and oxygen atoms in total. The highest BCUT2D eigenvalue weighted by atomic mass is 32.1. The molecule has 0 unspecified atom stereocenters. The van der Waals surface area contributed by atoms with Crippen LogP contribution in [-0.2, 0) is 4.74 Å². The Hall–Kier alpha value is -1.40. The Bertz CT molecular complexity index is 551. The van der Waals surface area contributed by atoms with Crippen molar-refractivity contribution in [1.29, 1.82) is 0 Å². The van der Waals surface area contributed by atoms with E-state index in [4.69, 9.17) is 9.47 Å². The normalized spacial score (nSPS) is 15.9. The van der Waals surface area contributed by atoms with E-state index in [0.29, 0.717) is 25.0 Å². The quantitative estimate of drug-likeness (QED) is 0.901. The molecule has 3 rings (SSSR count). The van der Waals surface area contributed by atoms with Crippen LogP contribution in [0, 0.1) is 6.92 Å². The van der Waals surface area contributed by atoms with Crippen molar-refractivity contribution in [1.82, 2.24) is 9.97 Å². The summed E-state index contributed by atoms with van der Waals surface area (Å²) >= 11 is 1.65. The van der Waals surface area contributed by atoms with Gasteiger partial charge in [0.05, 0.1) is 18.6 Å². The van der Waals surface area contributed by atoms with Gasteiger partial charge < -0.3 is 14.8 Å². The lowest BCUT2D eigenvalue weighted by molar-refractivity contribution is -0.0806. The van der Waals surface area contributed by atoms with E-state index in [9.17, 15) is 0 Å². The van der Waals surface area contributed by atoms with Gasteiger partial charge in [-0.05, 0) is 13.0 Å². The third-order valence-electron chi connectivity index (χ3n) is 2.59. The summed E-state index contributed by atoms with van der Waals surface area (Å²) in [5.74, 6) is 1.24. The second-order valence-corrected chi connectivity index (χ2v) is 5.19. The Balaban J connectivity index is 2.05. The second-order valence-electron chi connectivity index (χ2n) is 3.96. The summed E-state index contributed by atoms with van der Waals surface area (Å²) in [5.41, 5.74) is 0. The first-order valence-electron chi connectivity index (χ1n) is 5.46. The molecule has 0 aromatic carbocycles. The van der Waals surface area contributed by atoms with E-state index in [1.54, 1.807) is 18.4 Å². The zero-order valence-corrected chi connectivity index (χ0v) is 10.5. The number of nitrogens with zero attached hydrogens (tertiary/aromatic N) is 2. The van der Waals surface area contributed by atoms with Crippen LogP contribution in [0.2, 0.25) is 0 Å². The number of ether oxygens (including phenoxy) is 2. The van der Waals surface area contributed by atoms with Crippen LogP contribution in [0.1, 0.15) is 4.88 Å². The van der Waals surface area contributed by atoms with Gasteiger partial charge in [0.25, 0.3) is 0 Å². The van der Waals surface area contributed by atoms with Crippen molar-refractivity contribution < 1.29 is 9.47 Å². The number of anilines is 1. The Labute approximate surface area is 103 Å². The Morgan fingerprint density at radius 1 is 1.47 bits per heavy atom. The van der Waals surface area contributed by atoms with Crippen LogP contribution >= 0.6 is 11.3 Å². The third-order valence-corrected chi connectivity index (χ3v) is 3.53. The maximum Gasteiger partial charge on any atom is 0.227 e. The van der Waals surface area contributed by atoms with Gasteiger partial charge in [-0.1, -0.05) is 0 Å². The van der Waals surface area contributed by atoms with Crippen molar-refractivity contribution in [2.45, 2.75) is 13.0 Å². The zero-order chi connectivity index (χ0) is 11.8. The maximum absolute atomic E-state index is 5.81. The number of aryl methyl sites for hydroxylation is 1. The molecule has 1 aliphatic rings. The largest absolute Gasteiger partial charge is 0.469 e. The molecular weight excluding hydrogens is 238 g/mol. The van der Waals surface area contributed by atoms with E-state index in [1.165, 1.54) is 4.88 Å². The Morgan fingerprint density at radius 2 is 2.29 bits per heavy atom. The van der Waals surface area contributed by atoms with Crippen molar-refractivity contribution in [2.24, 2.45) is 0 Å². The molecule has 90 valence electrons. The van der Waals surface area contributed by atoms with Gasteiger partial charge in [0.15, 0.2) is 0 Å². The van der Waals surface area contributed by atoms with Gasteiger partial charge in [0.1, 0.15) is 10.9 Å². The molecule has 0 aliphatic carbocycles. The van der Waals surface area contributed by atoms with E-state index in [-0.39, 0.29) is 6.10 Å². The van der Waals surface area contributed by atoms with E-state index >= 15 is 0 Å². The monoisotopic (exact) mass is 251 g/mol. The Morgan fingerprint density at radius 3 is 2.94 bits per heavy atom. The lowest BCUT2D eigenvalue weighted by atomic mass is 10.3. The molecule has 17 heavy (non-hydrogen) atoms. The fourth-order valence-corrected chi connectivity index (χ4v) is 2.53. The first-order chi connectivity index (χ1) is 8.26. The van der Waals surface area contributed by atoms with Crippen LogP contribution in [0.3, 0.4) is 0 Å². The summed E-state index contributed by atoms with van der Waals surface area (Å²) in [6, 6.07) is 2.06. The highest BCUT2D eigenvalue weighted by molar-refractivity contribution is 7.18. The molecule has 0 radical (unpaired) electrons.